The molecule has 20 heavy (non-hydrogen) atoms. The Morgan fingerprint density at radius 3 is 2.80 bits per heavy atom. The van der Waals surface area contributed by atoms with Crippen LogP contribution in [-0.2, 0) is 13.0 Å². The number of hydrogen-bond acceptors (Lipinski definition) is 2. The lowest BCUT2D eigenvalue weighted by Crippen LogP contribution is -2.09. The summed E-state index contributed by atoms with van der Waals surface area (Å²) in [5.41, 5.74) is 2.27. The Morgan fingerprint density at radius 1 is 1.50 bits per heavy atom. The molecule has 1 aromatic heterocycles. The molecule has 0 radical (unpaired) electrons. The third kappa shape index (κ3) is 3.05. The van der Waals surface area contributed by atoms with Crippen LogP contribution < -0.4 is 0 Å². The Kier molecular flexibility index (Phi) is 4.83. The number of benzene rings is 1. The molecule has 1 atom stereocenters. The molecule has 1 N–H and O–H groups in total. The minimum atomic E-state index is -0.806. The van der Waals surface area contributed by atoms with Crippen LogP contribution in [0, 0.1) is 12.7 Å². The predicted molar refractivity (Wildman–Crippen MR) is 80.4 cm³/mol. The minimum absolute atomic E-state index is 0.0524. The van der Waals surface area contributed by atoms with Gasteiger partial charge in [-0.15, -0.1) is 0 Å². The molecular weight excluding hydrogens is 347 g/mol. The highest BCUT2D eigenvalue weighted by Gasteiger charge is 2.18. The first-order valence-corrected chi connectivity index (χ1v) is 7.46. The van der Waals surface area contributed by atoms with Crippen LogP contribution in [0.15, 0.2) is 22.7 Å². The summed E-state index contributed by atoms with van der Waals surface area (Å²) in [6, 6.07) is 4.34. The van der Waals surface area contributed by atoms with Gasteiger partial charge in [0.1, 0.15) is 5.82 Å². The van der Waals surface area contributed by atoms with Crippen LogP contribution in [0.3, 0.4) is 0 Å². The molecule has 0 amide bonds. The topological polar surface area (TPSA) is 38.0 Å². The zero-order valence-electron chi connectivity index (χ0n) is 11.2. The largest absolute Gasteiger partial charge is 0.388 e. The molecular formula is C14H15BrClFN2O. The summed E-state index contributed by atoms with van der Waals surface area (Å²) in [7, 11) is 0. The molecule has 2 aromatic rings. The lowest BCUT2D eigenvalue weighted by atomic mass is 10.0. The molecule has 0 spiro atoms. The van der Waals surface area contributed by atoms with Gasteiger partial charge in [0.05, 0.1) is 27.0 Å². The third-order valence-electron chi connectivity index (χ3n) is 3.17. The van der Waals surface area contributed by atoms with Crippen molar-refractivity contribution in [3.63, 3.8) is 0 Å². The van der Waals surface area contributed by atoms with Crippen molar-refractivity contribution in [3.05, 3.63) is 50.5 Å². The molecule has 1 heterocycles. The second-order valence-electron chi connectivity index (χ2n) is 4.56. The zero-order chi connectivity index (χ0) is 14.9. The van der Waals surface area contributed by atoms with Crippen LogP contribution in [-0.4, -0.2) is 14.9 Å². The average molecular weight is 362 g/mol. The van der Waals surface area contributed by atoms with E-state index in [1.807, 2.05) is 18.5 Å². The normalized spacial score (nSPS) is 12.7. The molecule has 0 aliphatic heterocycles. The molecule has 1 unspecified atom stereocenters. The van der Waals surface area contributed by atoms with E-state index in [0.29, 0.717) is 18.5 Å². The predicted octanol–water partition coefficient (Wildman–Crippen LogP) is 4.04. The van der Waals surface area contributed by atoms with E-state index in [9.17, 15) is 9.50 Å². The quantitative estimate of drug-likeness (QED) is 0.892. The van der Waals surface area contributed by atoms with E-state index in [4.69, 9.17) is 11.6 Å². The smallest absolute Gasteiger partial charge is 0.142 e. The highest BCUT2D eigenvalue weighted by atomic mass is 79.9. The first-order chi connectivity index (χ1) is 9.43. The summed E-state index contributed by atoms with van der Waals surface area (Å²) >= 11 is 9.12. The van der Waals surface area contributed by atoms with Gasteiger partial charge < -0.3 is 5.11 Å². The SMILES string of the molecule is CCn1nc(C)c(Br)c1CC(O)c1ccc(Cl)c(F)c1. The number of aliphatic hydroxyl groups excluding tert-OH is 1. The molecule has 1 aromatic carbocycles. The fourth-order valence-corrected chi connectivity index (χ4v) is 2.65. The maximum absolute atomic E-state index is 13.4. The summed E-state index contributed by atoms with van der Waals surface area (Å²) in [5, 5.41) is 14.7. The van der Waals surface area contributed by atoms with Gasteiger partial charge in [-0.1, -0.05) is 17.7 Å². The van der Waals surface area contributed by atoms with Crippen LogP contribution in [0.1, 0.15) is 30.0 Å². The lowest BCUT2D eigenvalue weighted by molar-refractivity contribution is 0.175. The van der Waals surface area contributed by atoms with Crippen LogP contribution in [0.2, 0.25) is 5.02 Å². The average Bonchev–Trinajstić information content (AvgIpc) is 2.69. The van der Waals surface area contributed by atoms with E-state index in [2.05, 4.69) is 21.0 Å². The Balaban J connectivity index is 2.27. The van der Waals surface area contributed by atoms with Gasteiger partial charge in [0.25, 0.3) is 0 Å². The van der Waals surface area contributed by atoms with Crippen molar-refractivity contribution < 1.29 is 9.50 Å². The van der Waals surface area contributed by atoms with Gasteiger partial charge in [-0.05, 0) is 47.5 Å². The van der Waals surface area contributed by atoms with Crippen LogP contribution >= 0.6 is 27.5 Å². The van der Waals surface area contributed by atoms with Crippen molar-refractivity contribution in [1.82, 2.24) is 9.78 Å². The fourth-order valence-electron chi connectivity index (χ4n) is 2.08. The van der Waals surface area contributed by atoms with E-state index >= 15 is 0 Å². The van der Waals surface area contributed by atoms with Gasteiger partial charge in [-0.25, -0.2) is 4.39 Å². The van der Waals surface area contributed by atoms with E-state index in [1.165, 1.54) is 12.1 Å². The Hall–Kier alpha value is -0.910. The van der Waals surface area contributed by atoms with Gasteiger partial charge in [0, 0.05) is 13.0 Å². The molecule has 0 aliphatic rings. The highest BCUT2D eigenvalue weighted by Crippen LogP contribution is 2.28. The number of nitrogens with zero attached hydrogens (tertiary/aromatic N) is 2. The van der Waals surface area contributed by atoms with Crippen molar-refractivity contribution in [1.29, 1.82) is 0 Å². The van der Waals surface area contributed by atoms with E-state index in [1.54, 1.807) is 6.07 Å². The maximum atomic E-state index is 13.4. The Bertz CT molecular complexity index is 630. The molecule has 2 rings (SSSR count). The van der Waals surface area contributed by atoms with Crippen molar-refractivity contribution in [2.24, 2.45) is 0 Å². The van der Waals surface area contributed by atoms with Gasteiger partial charge in [-0.2, -0.15) is 5.10 Å². The minimum Gasteiger partial charge on any atom is -0.388 e. The number of hydrogen-bond donors (Lipinski definition) is 1. The Labute approximate surface area is 130 Å². The van der Waals surface area contributed by atoms with E-state index in [-0.39, 0.29) is 5.02 Å². The maximum Gasteiger partial charge on any atom is 0.142 e. The number of halogens is 3. The zero-order valence-corrected chi connectivity index (χ0v) is 13.5. The molecule has 3 nitrogen and oxygen atoms in total. The van der Waals surface area contributed by atoms with E-state index in [0.717, 1.165) is 15.9 Å². The van der Waals surface area contributed by atoms with Gasteiger partial charge in [0.15, 0.2) is 0 Å². The molecule has 108 valence electrons. The number of rotatable bonds is 4. The monoisotopic (exact) mass is 360 g/mol. The first-order valence-electron chi connectivity index (χ1n) is 6.28. The molecule has 0 saturated heterocycles. The van der Waals surface area contributed by atoms with Crippen LogP contribution in [0.25, 0.3) is 0 Å². The van der Waals surface area contributed by atoms with Crippen LogP contribution in [0.5, 0.6) is 0 Å². The summed E-state index contributed by atoms with van der Waals surface area (Å²) in [6.07, 6.45) is -0.449. The molecule has 0 fully saturated rings. The van der Waals surface area contributed by atoms with Crippen LogP contribution in [0.4, 0.5) is 4.39 Å². The fraction of sp³-hybridized carbons (Fsp3) is 0.357. The molecule has 0 saturated carbocycles. The second-order valence-corrected chi connectivity index (χ2v) is 5.76. The third-order valence-corrected chi connectivity index (χ3v) is 4.51. The standard InChI is InChI=1S/C14H15BrClFN2O/c1-3-19-12(14(15)8(2)18-19)7-13(20)9-4-5-10(16)11(17)6-9/h4-6,13,20H,3,7H2,1-2H3. The molecule has 0 bridgehead atoms. The summed E-state index contributed by atoms with van der Waals surface area (Å²) in [5.74, 6) is -0.525. The second kappa shape index (κ2) is 6.24. The number of aromatic nitrogens is 2. The first kappa shape index (κ1) is 15.5. The van der Waals surface area contributed by atoms with Crippen molar-refractivity contribution in [2.45, 2.75) is 32.9 Å². The molecule has 6 heteroatoms. The van der Waals surface area contributed by atoms with Crippen molar-refractivity contribution in [2.75, 3.05) is 0 Å². The lowest BCUT2D eigenvalue weighted by Gasteiger charge is -2.13. The highest BCUT2D eigenvalue weighted by molar-refractivity contribution is 9.10. The molecule has 0 aliphatic carbocycles. The summed E-state index contributed by atoms with van der Waals surface area (Å²) in [6.45, 7) is 4.59. The summed E-state index contributed by atoms with van der Waals surface area (Å²) in [4.78, 5) is 0. The van der Waals surface area contributed by atoms with Crippen molar-refractivity contribution in [3.8, 4) is 0 Å². The Morgan fingerprint density at radius 2 is 2.20 bits per heavy atom. The number of aryl methyl sites for hydroxylation is 2. The van der Waals surface area contributed by atoms with Gasteiger partial charge in [-0.3, -0.25) is 4.68 Å². The summed E-state index contributed by atoms with van der Waals surface area (Å²) < 4.78 is 16.1. The van der Waals surface area contributed by atoms with E-state index < -0.39 is 11.9 Å². The van der Waals surface area contributed by atoms with Gasteiger partial charge >= 0.3 is 0 Å². The van der Waals surface area contributed by atoms with Crippen molar-refractivity contribution >= 4 is 27.5 Å². The number of aliphatic hydroxyl groups is 1. The van der Waals surface area contributed by atoms with Gasteiger partial charge in [0.2, 0.25) is 0 Å².